The molecule has 0 unspecified atom stereocenters. The van der Waals surface area contributed by atoms with Crippen molar-refractivity contribution < 1.29 is 4.74 Å². The molecule has 2 aromatic rings. The van der Waals surface area contributed by atoms with Gasteiger partial charge < -0.3 is 4.74 Å². The van der Waals surface area contributed by atoms with Crippen LogP contribution in [-0.4, -0.2) is 16.4 Å². The first-order valence-electron chi connectivity index (χ1n) is 5.03. The van der Waals surface area contributed by atoms with Crippen LogP contribution >= 0.6 is 0 Å². The summed E-state index contributed by atoms with van der Waals surface area (Å²) in [7, 11) is 1.89. The van der Waals surface area contributed by atoms with Crippen LogP contribution in [0.5, 0.6) is 5.88 Å². The lowest BCUT2D eigenvalue weighted by atomic mass is 10.2. The van der Waals surface area contributed by atoms with Crippen molar-refractivity contribution in [3.05, 3.63) is 36.4 Å². The van der Waals surface area contributed by atoms with E-state index in [1.54, 1.807) is 4.68 Å². The molecule has 0 aliphatic carbocycles. The van der Waals surface area contributed by atoms with E-state index in [0.29, 0.717) is 6.61 Å². The predicted octanol–water partition coefficient (Wildman–Crippen LogP) is 2.49. The standard InChI is InChI=1S/C12H14N2O/c1-3-15-12-9-11(13-14(12)2)10-7-5-4-6-8-10/h4-9H,3H2,1-2H3. The molecule has 0 radical (unpaired) electrons. The van der Waals surface area contributed by atoms with Gasteiger partial charge in [0, 0.05) is 18.7 Å². The van der Waals surface area contributed by atoms with E-state index in [9.17, 15) is 0 Å². The molecular formula is C12H14N2O. The zero-order valence-corrected chi connectivity index (χ0v) is 8.97. The molecule has 3 heteroatoms. The molecule has 0 saturated heterocycles. The molecule has 1 aromatic carbocycles. The van der Waals surface area contributed by atoms with Gasteiger partial charge in [0.25, 0.3) is 0 Å². The lowest BCUT2D eigenvalue weighted by Gasteiger charge is -1.99. The Labute approximate surface area is 89.3 Å². The summed E-state index contributed by atoms with van der Waals surface area (Å²) in [5.74, 6) is 0.802. The Kier molecular flexibility index (Phi) is 2.72. The summed E-state index contributed by atoms with van der Waals surface area (Å²) in [6.45, 7) is 2.63. The maximum Gasteiger partial charge on any atom is 0.212 e. The van der Waals surface area contributed by atoms with E-state index < -0.39 is 0 Å². The van der Waals surface area contributed by atoms with Crippen molar-refractivity contribution in [3.8, 4) is 17.1 Å². The van der Waals surface area contributed by atoms with E-state index in [2.05, 4.69) is 5.10 Å². The monoisotopic (exact) mass is 202 g/mol. The van der Waals surface area contributed by atoms with Crippen molar-refractivity contribution in [1.29, 1.82) is 0 Å². The quantitative estimate of drug-likeness (QED) is 0.764. The number of aryl methyl sites for hydroxylation is 1. The lowest BCUT2D eigenvalue weighted by molar-refractivity contribution is 0.309. The fourth-order valence-electron chi connectivity index (χ4n) is 1.48. The summed E-state index contributed by atoms with van der Waals surface area (Å²) in [6, 6.07) is 12.0. The summed E-state index contributed by atoms with van der Waals surface area (Å²) in [5, 5.41) is 4.39. The third-order valence-electron chi connectivity index (χ3n) is 2.20. The molecule has 0 bridgehead atoms. The van der Waals surface area contributed by atoms with Crippen molar-refractivity contribution in [2.45, 2.75) is 6.92 Å². The minimum atomic E-state index is 0.660. The highest BCUT2D eigenvalue weighted by atomic mass is 16.5. The minimum absolute atomic E-state index is 0.660. The SMILES string of the molecule is CCOc1cc(-c2ccccc2)nn1C. The van der Waals surface area contributed by atoms with Crippen LogP contribution in [0.2, 0.25) is 0 Å². The second-order valence-electron chi connectivity index (χ2n) is 3.29. The zero-order valence-electron chi connectivity index (χ0n) is 8.97. The molecule has 2 rings (SSSR count). The van der Waals surface area contributed by atoms with Gasteiger partial charge in [0.2, 0.25) is 5.88 Å². The molecule has 0 aliphatic heterocycles. The first kappa shape index (κ1) is 9.77. The van der Waals surface area contributed by atoms with Crippen LogP contribution in [-0.2, 0) is 7.05 Å². The molecule has 15 heavy (non-hydrogen) atoms. The van der Waals surface area contributed by atoms with Crippen LogP contribution in [0.3, 0.4) is 0 Å². The topological polar surface area (TPSA) is 27.1 Å². The van der Waals surface area contributed by atoms with Gasteiger partial charge in [-0.15, -0.1) is 0 Å². The molecule has 0 saturated carbocycles. The average molecular weight is 202 g/mol. The van der Waals surface area contributed by atoms with E-state index in [0.717, 1.165) is 17.1 Å². The number of benzene rings is 1. The van der Waals surface area contributed by atoms with Gasteiger partial charge in [-0.05, 0) is 6.92 Å². The van der Waals surface area contributed by atoms with Crippen LogP contribution < -0.4 is 4.74 Å². The largest absolute Gasteiger partial charge is 0.478 e. The Bertz CT molecular complexity index is 434. The van der Waals surface area contributed by atoms with Crippen molar-refractivity contribution in [3.63, 3.8) is 0 Å². The van der Waals surface area contributed by atoms with Gasteiger partial charge in [-0.1, -0.05) is 30.3 Å². The van der Waals surface area contributed by atoms with E-state index in [4.69, 9.17) is 4.74 Å². The maximum atomic E-state index is 5.44. The molecule has 1 aromatic heterocycles. The Morgan fingerprint density at radius 1 is 1.27 bits per heavy atom. The van der Waals surface area contributed by atoms with Crippen molar-refractivity contribution in [1.82, 2.24) is 9.78 Å². The average Bonchev–Trinajstić information content (AvgIpc) is 2.63. The normalized spacial score (nSPS) is 10.3. The molecule has 0 fully saturated rings. The fourth-order valence-corrected chi connectivity index (χ4v) is 1.48. The van der Waals surface area contributed by atoms with Crippen molar-refractivity contribution >= 4 is 0 Å². The number of aromatic nitrogens is 2. The van der Waals surface area contributed by atoms with Gasteiger partial charge in [-0.3, -0.25) is 0 Å². The molecule has 0 spiro atoms. The number of ether oxygens (including phenoxy) is 1. The number of nitrogens with zero attached hydrogens (tertiary/aromatic N) is 2. The highest BCUT2D eigenvalue weighted by molar-refractivity contribution is 5.59. The van der Waals surface area contributed by atoms with Crippen LogP contribution in [0.25, 0.3) is 11.3 Å². The van der Waals surface area contributed by atoms with Crippen LogP contribution in [0.15, 0.2) is 36.4 Å². The van der Waals surface area contributed by atoms with E-state index in [-0.39, 0.29) is 0 Å². The van der Waals surface area contributed by atoms with Crippen molar-refractivity contribution in [2.75, 3.05) is 6.61 Å². The third kappa shape index (κ3) is 2.01. The number of hydrogen-bond acceptors (Lipinski definition) is 2. The Hall–Kier alpha value is -1.77. The number of rotatable bonds is 3. The Balaban J connectivity index is 2.34. The van der Waals surface area contributed by atoms with E-state index in [1.807, 2.05) is 50.4 Å². The first-order chi connectivity index (χ1) is 7.31. The molecule has 3 nitrogen and oxygen atoms in total. The van der Waals surface area contributed by atoms with Crippen LogP contribution in [0, 0.1) is 0 Å². The molecule has 0 aliphatic rings. The van der Waals surface area contributed by atoms with Gasteiger partial charge >= 0.3 is 0 Å². The molecular weight excluding hydrogens is 188 g/mol. The fraction of sp³-hybridized carbons (Fsp3) is 0.250. The third-order valence-corrected chi connectivity index (χ3v) is 2.20. The van der Waals surface area contributed by atoms with Crippen LogP contribution in [0.1, 0.15) is 6.92 Å². The minimum Gasteiger partial charge on any atom is -0.478 e. The molecule has 0 atom stereocenters. The second kappa shape index (κ2) is 4.17. The van der Waals surface area contributed by atoms with Gasteiger partial charge in [0.05, 0.1) is 12.3 Å². The molecule has 0 N–H and O–H groups in total. The highest BCUT2D eigenvalue weighted by Gasteiger charge is 2.06. The first-order valence-corrected chi connectivity index (χ1v) is 5.03. The Morgan fingerprint density at radius 2 is 2.00 bits per heavy atom. The van der Waals surface area contributed by atoms with Gasteiger partial charge in [-0.2, -0.15) is 5.10 Å². The van der Waals surface area contributed by atoms with E-state index >= 15 is 0 Å². The second-order valence-corrected chi connectivity index (χ2v) is 3.29. The molecule has 0 amide bonds. The highest BCUT2D eigenvalue weighted by Crippen LogP contribution is 2.22. The summed E-state index contributed by atoms with van der Waals surface area (Å²) in [6.07, 6.45) is 0. The van der Waals surface area contributed by atoms with Gasteiger partial charge in [-0.25, -0.2) is 4.68 Å². The zero-order chi connectivity index (χ0) is 10.7. The lowest BCUT2D eigenvalue weighted by Crippen LogP contribution is -1.98. The van der Waals surface area contributed by atoms with E-state index in [1.165, 1.54) is 0 Å². The number of hydrogen-bond donors (Lipinski definition) is 0. The molecule has 78 valence electrons. The summed E-state index contributed by atoms with van der Waals surface area (Å²) in [4.78, 5) is 0. The summed E-state index contributed by atoms with van der Waals surface area (Å²) in [5.41, 5.74) is 2.06. The summed E-state index contributed by atoms with van der Waals surface area (Å²) >= 11 is 0. The Morgan fingerprint density at radius 3 is 2.67 bits per heavy atom. The van der Waals surface area contributed by atoms with Gasteiger partial charge in [0.15, 0.2) is 0 Å². The van der Waals surface area contributed by atoms with Crippen LogP contribution in [0.4, 0.5) is 0 Å². The predicted molar refractivity (Wildman–Crippen MR) is 59.8 cm³/mol. The maximum absolute atomic E-state index is 5.44. The van der Waals surface area contributed by atoms with Gasteiger partial charge in [0.1, 0.15) is 0 Å². The molecule has 1 heterocycles. The summed E-state index contributed by atoms with van der Waals surface area (Å²) < 4.78 is 7.20. The smallest absolute Gasteiger partial charge is 0.212 e. The van der Waals surface area contributed by atoms with Crippen molar-refractivity contribution in [2.24, 2.45) is 7.05 Å².